The van der Waals surface area contributed by atoms with Gasteiger partial charge >= 0.3 is 0 Å². The molecule has 2 heterocycles. The van der Waals surface area contributed by atoms with E-state index in [9.17, 15) is 0 Å². The van der Waals surface area contributed by atoms with Crippen LogP contribution in [0, 0.1) is 10.8 Å². The summed E-state index contributed by atoms with van der Waals surface area (Å²) in [5.41, 5.74) is 4.98. The van der Waals surface area contributed by atoms with E-state index in [1.807, 2.05) is 24.3 Å². The number of aromatic nitrogens is 1. The SMILES string of the molecule is CC(C)(C)COCc1ccc(Oc2cccc(NC(C)(C)CCC(C)(C)Cc3ccc(N4CC[C@@H](NC(C)(C)C)C4)cn3)c2)cc1. The molecular weight excluding hydrogens is 568 g/mol. The van der Waals surface area contributed by atoms with Crippen LogP contribution in [-0.4, -0.2) is 41.8 Å². The van der Waals surface area contributed by atoms with Crippen LogP contribution >= 0.6 is 0 Å². The van der Waals surface area contributed by atoms with Crippen molar-refractivity contribution < 1.29 is 9.47 Å². The normalized spacial score (nSPS) is 16.1. The Morgan fingerprint density at radius 1 is 0.848 bits per heavy atom. The fourth-order valence-corrected chi connectivity index (χ4v) is 6.02. The molecule has 0 saturated carbocycles. The molecule has 0 spiro atoms. The summed E-state index contributed by atoms with van der Waals surface area (Å²) >= 11 is 0. The Balaban J connectivity index is 1.25. The van der Waals surface area contributed by atoms with Gasteiger partial charge in [0.05, 0.1) is 25.1 Å². The molecule has 0 aliphatic carbocycles. The number of benzene rings is 2. The number of rotatable bonds is 14. The second kappa shape index (κ2) is 14.8. The molecule has 1 atom stereocenters. The number of ether oxygens (including phenoxy) is 2. The predicted molar refractivity (Wildman–Crippen MR) is 194 cm³/mol. The molecule has 0 bridgehead atoms. The Morgan fingerprint density at radius 3 is 2.24 bits per heavy atom. The fourth-order valence-electron chi connectivity index (χ4n) is 6.02. The van der Waals surface area contributed by atoms with Gasteiger partial charge in [0.1, 0.15) is 11.5 Å². The van der Waals surface area contributed by atoms with E-state index < -0.39 is 0 Å². The van der Waals surface area contributed by atoms with Crippen molar-refractivity contribution in [2.24, 2.45) is 10.8 Å². The molecule has 6 nitrogen and oxygen atoms in total. The summed E-state index contributed by atoms with van der Waals surface area (Å²) in [5.74, 6) is 1.64. The number of hydrogen-bond acceptors (Lipinski definition) is 6. The first-order valence-corrected chi connectivity index (χ1v) is 17.1. The summed E-state index contributed by atoms with van der Waals surface area (Å²) in [6, 6.07) is 21.4. The summed E-state index contributed by atoms with van der Waals surface area (Å²) in [7, 11) is 0. The van der Waals surface area contributed by atoms with E-state index in [0.29, 0.717) is 12.6 Å². The second-order valence-corrected chi connectivity index (χ2v) is 17.0. The van der Waals surface area contributed by atoms with E-state index in [2.05, 4.69) is 127 Å². The number of hydrogen-bond donors (Lipinski definition) is 2. The molecule has 3 aromatic rings. The first-order chi connectivity index (χ1) is 21.4. The number of nitrogens with zero attached hydrogens (tertiary/aromatic N) is 2. The van der Waals surface area contributed by atoms with Crippen molar-refractivity contribution in [1.29, 1.82) is 0 Å². The maximum atomic E-state index is 6.20. The van der Waals surface area contributed by atoms with Crippen LogP contribution in [0.3, 0.4) is 0 Å². The number of anilines is 2. The van der Waals surface area contributed by atoms with Crippen molar-refractivity contribution in [2.45, 2.75) is 119 Å². The van der Waals surface area contributed by atoms with Crippen molar-refractivity contribution >= 4 is 11.4 Å². The van der Waals surface area contributed by atoms with Gasteiger partial charge in [-0.3, -0.25) is 4.98 Å². The summed E-state index contributed by atoms with van der Waals surface area (Å²) in [6.07, 6.45) is 6.34. The van der Waals surface area contributed by atoms with Crippen molar-refractivity contribution in [3.63, 3.8) is 0 Å². The first kappa shape index (κ1) is 35.8. The highest BCUT2D eigenvalue weighted by molar-refractivity contribution is 5.51. The van der Waals surface area contributed by atoms with Crippen LogP contribution < -0.4 is 20.3 Å². The number of pyridine rings is 1. The quantitative estimate of drug-likeness (QED) is 0.185. The van der Waals surface area contributed by atoms with Gasteiger partial charge in [-0.1, -0.05) is 52.8 Å². The zero-order chi connectivity index (χ0) is 33.6. The smallest absolute Gasteiger partial charge is 0.129 e. The van der Waals surface area contributed by atoms with Crippen molar-refractivity contribution in [2.75, 3.05) is 29.9 Å². The molecule has 1 fully saturated rings. The van der Waals surface area contributed by atoms with Crippen LogP contribution in [0.2, 0.25) is 0 Å². The van der Waals surface area contributed by atoms with Gasteiger partial charge in [0.15, 0.2) is 0 Å². The summed E-state index contributed by atoms with van der Waals surface area (Å²) in [4.78, 5) is 7.35. The maximum absolute atomic E-state index is 6.20. The average Bonchev–Trinajstić information content (AvgIpc) is 3.39. The standard InChI is InChI=1S/C40H60N4O2/c1-37(2,3)29-45-28-30-14-18-35(19-15-30)46-36-13-11-12-31(24-36)43-40(9,10)22-21-39(7,8)25-32-16-17-34(26-41-32)44-23-20-33(27-44)42-38(4,5)6/h11-19,24,26,33,42-43H,20-23,25,27-29H2,1-10H3/t33-/m1/s1. The van der Waals surface area contributed by atoms with Gasteiger partial charge in [-0.05, 0) is 113 Å². The highest BCUT2D eigenvalue weighted by atomic mass is 16.5. The molecule has 0 radical (unpaired) electrons. The molecule has 1 aromatic heterocycles. The molecule has 1 aliphatic rings. The monoisotopic (exact) mass is 628 g/mol. The van der Waals surface area contributed by atoms with Gasteiger partial charge in [0.25, 0.3) is 0 Å². The molecule has 4 rings (SSSR count). The van der Waals surface area contributed by atoms with E-state index in [4.69, 9.17) is 14.5 Å². The highest BCUT2D eigenvalue weighted by Gasteiger charge is 2.28. The third-order valence-corrected chi connectivity index (χ3v) is 8.37. The van der Waals surface area contributed by atoms with E-state index in [-0.39, 0.29) is 21.9 Å². The third kappa shape index (κ3) is 12.3. The van der Waals surface area contributed by atoms with Gasteiger partial charge in [0.2, 0.25) is 0 Å². The zero-order valence-corrected chi connectivity index (χ0v) is 30.3. The number of nitrogens with one attached hydrogen (secondary N) is 2. The van der Waals surface area contributed by atoms with Crippen LogP contribution in [0.15, 0.2) is 66.9 Å². The van der Waals surface area contributed by atoms with Crippen molar-refractivity contribution in [1.82, 2.24) is 10.3 Å². The van der Waals surface area contributed by atoms with E-state index in [0.717, 1.165) is 61.7 Å². The Hall–Kier alpha value is -3.09. The van der Waals surface area contributed by atoms with Gasteiger partial charge in [-0.15, -0.1) is 0 Å². The molecule has 1 aliphatic heterocycles. The second-order valence-electron chi connectivity index (χ2n) is 17.0. The van der Waals surface area contributed by atoms with Crippen molar-refractivity contribution in [3.05, 3.63) is 78.1 Å². The molecule has 2 N–H and O–H groups in total. The fraction of sp³-hybridized carbons (Fsp3) is 0.575. The van der Waals surface area contributed by atoms with Gasteiger partial charge in [-0.2, -0.15) is 0 Å². The Morgan fingerprint density at radius 2 is 1.59 bits per heavy atom. The summed E-state index contributed by atoms with van der Waals surface area (Å²) in [5, 5.41) is 7.51. The zero-order valence-electron chi connectivity index (χ0n) is 30.3. The minimum atomic E-state index is -0.0741. The molecule has 0 unspecified atom stereocenters. The molecule has 0 amide bonds. The lowest BCUT2D eigenvalue weighted by atomic mass is 9.79. The first-order valence-electron chi connectivity index (χ1n) is 17.1. The molecule has 252 valence electrons. The van der Waals surface area contributed by atoms with E-state index in [1.165, 1.54) is 17.8 Å². The Kier molecular flexibility index (Phi) is 11.5. The minimum Gasteiger partial charge on any atom is -0.457 e. The average molecular weight is 629 g/mol. The topological polar surface area (TPSA) is 58.7 Å². The summed E-state index contributed by atoms with van der Waals surface area (Å²) < 4.78 is 12.1. The highest BCUT2D eigenvalue weighted by Crippen LogP contribution is 2.33. The lowest BCUT2D eigenvalue weighted by Gasteiger charge is -2.33. The lowest BCUT2D eigenvalue weighted by Crippen LogP contribution is -2.44. The van der Waals surface area contributed by atoms with E-state index in [1.54, 1.807) is 0 Å². The molecule has 2 aromatic carbocycles. The molecule has 1 saturated heterocycles. The van der Waals surface area contributed by atoms with Crippen LogP contribution in [0.1, 0.15) is 99.8 Å². The molecule has 46 heavy (non-hydrogen) atoms. The Bertz CT molecular complexity index is 1370. The molecule has 6 heteroatoms. The van der Waals surface area contributed by atoms with Crippen LogP contribution in [0.5, 0.6) is 11.5 Å². The van der Waals surface area contributed by atoms with Gasteiger partial charge < -0.3 is 25.0 Å². The van der Waals surface area contributed by atoms with E-state index >= 15 is 0 Å². The summed E-state index contributed by atoms with van der Waals surface area (Å²) in [6.45, 7) is 26.0. The maximum Gasteiger partial charge on any atom is 0.129 e. The lowest BCUT2D eigenvalue weighted by molar-refractivity contribution is 0.0599. The largest absolute Gasteiger partial charge is 0.457 e. The minimum absolute atomic E-state index is 0.0741. The van der Waals surface area contributed by atoms with Crippen molar-refractivity contribution in [3.8, 4) is 11.5 Å². The predicted octanol–water partition coefficient (Wildman–Crippen LogP) is 9.64. The van der Waals surface area contributed by atoms with Gasteiger partial charge in [0, 0.05) is 47.7 Å². The van der Waals surface area contributed by atoms with Crippen LogP contribution in [0.25, 0.3) is 0 Å². The third-order valence-electron chi connectivity index (χ3n) is 8.37. The van der Waals surface area contributed by atoms with Gasteiger partial charge in [-0.25, -0.2) is 0 Å². The Labute approximate surface area is 279 Å². The van der Waals surface area contributed by atoms with Crippen LogP contribution in [-0.2, 0) is 17.8 Å². The van der Waals surface area contributed by atoms with Crippen LogP contribution in [0.4, 0.5) is 11.4 Å². The molecular formula is C40H60N4O2.